The van der Waals surface area contributed by atoms with Crippen molar-refractivity contribution in [2.45, 2.75) is 51.1 Å². The molecular formula is C15H20N2O4. The first-order valence-electron chi connectivity index (χ1n) is 7.29. The number of nitrogens with zero attached hydrogens (tertiary/aromatic N) is 1. The number of hydrogen-bond donors (Lipinski definition) is 2. The molecule has 1 amide bonds. The van der Waals surface area contributed by atoms with Crippen molar-refractivity contribution < 1.29 is 14.7 Å². The van der Waals surface area contributed by atoms with Gasteiger partial charge in [0.25, 0.3) is 5.56 Å². The summed E-state index contributed by atoms with van der Waals surface area (Å²) in [6.45, 7) is -0.0742. The highest BCUT2D eigenvalue weighted by Gasteiger charge is 2.15. The van der Waals surface area contributed by atoms with Crippen LogP contribution in [0.4, 0.5) is 0 Å². The second-order valence-electron chi connectivity index (χ2n) is 5.44. The van der Waals surface area contributed by atoms with Crippen molar-refractivity contribution in [2.24, 2.45) is 0 Å². The summed E-state index contributed by atoms with van der Waals surface area (Å²) in [5, 5.41) is 11.8. The number of hydrogen-bond acceptors (Lipinski definition) is 3. The van der Waals surface area contributed by atoms with Crippen molar-refractivity contribution in [2.75, 3.05) is 0 Å². The molecule has 0 radical (unpaired) electrons. The lowest BCUT2D eigenvalue weighted by atomic mass is 10.1. The van der Waals surface area contributed by atoms with E-state index < -0.39 is 11.5 Å². The summed E-state index contributed by atoms with van der Waals surface area (Å²) in [5.74, 6) is -1.35. The maximum atomic E-state index is 12.0. The number of nitrogens with one attached hydrogen (secondary N) is 1. The Balaban J connectivity index is 1.96. The average Bonchev–Trinajstić information content (AvgIpc) is 2.69. The summed E-state index contributed by atoms with van der Waals surface area (Å²) in [6.07, 6.45) is 7.98. The molecule has 114 valence electrons. The molecule has 1 aliphatic carbocycles. The van der Waals surface area contributed by atoms with Gasteiger partial charge in [-0.2, -0.15) is 0 Å². The van der Waals surface area contributed by atoms with E-state index in [0.29, 0.717) is 0 Å². The number of carbonyl (C=O) groups excluding carboxylic acids is 1. The van der Waals surface area contributed by atoms with Gasteiger partial charge >= 0.3 is 5.97 Å². The van der Waals surface area contributed by atoms with Gasteiger partial charge in [0.05, 0.1) is 5.56 Å². The van der Waals surface area contributed by atoms with E-state index in [4.69, 9.17) is 5.11 Å². The van der Waals surface area contributed by atoms with E-state index in [2.05, 4.69) is 5.32 Å². The van der Waals surface area contributed by atoms with E-state index in [1.807, 2.05) is 0 Å². The Morgan fingerprint density at radius 1 is 1.24 bits per heavy atom. The molecule has 1 aliphatic rings. The van der Waals surface area contributed by atoms with Gasteiger partial charge in [0, 0.05) is 18.3 Å². The largest absolute Gasteiger partial charge is 0.478 e. The first-order valence-corrected chi connectivity index (χ1v) is 7.29. The predicted octanol–water partition coefficient (Wildman–Crippen LogP) is 1.39. The highest BCUT2D eigenvalue weighted by molar-refractivity contribution is 5.87. The predicted molar refractivity (Wildman–Crippen MR) is 77.3 cm³/mol. The molecule has 0 aliphatic heterocycles. The smallest absolute Gasteiger partial charge is 0.335 e. The molecule has 1 aromatic heterocycles. The highest BCUT2D eigenvalue weighted by atomic mass is 16.4. The Labute approximate surface area is 122 Å². The van der Waals surface area contributed by atoms with Crippen LogP contribution in [0, 0.1) is 0 Å². The van der Waals surface area contributed by atoms with Crippen molar-refractivity contribution >= 4 is 11.9 Å². The molecule has 0 unspecified atom stereocenters. The molecule has 2 N–H and O–H groups in total. The Hall–Kier alpha value is -2.11. The third-order valence-corrected chi connectivity index (χ3v) is 3.78. The minimum absolute atomic E-state index is 0.0690. The van der Waals surface area contributed by atoms with E-state index >= 15 is 0 Å². The Morgan fingerprint density at radius 2 is 1.90 bits per heavy atom. The lowest BCUT2D eigenvalue weighted by molar-refractivity contribution is -0.122. The summed E-state index contributed by atoms with van der Waals surface area (Å²) in [5.41, 5.74) is -0.550. The Morgan fingerprint density at radius 3 is 2.48 bits per heavy atom. The molecular weight excluding hydrogens is 272 g/mol. The van der Waals surface area contributed by atoms with Crippen LogP contribution in [0.25, 0.3) is 0 Å². The minimum atomic E-state index is -1.15. The summed E-state index contributed by atoms with van der Waals surface area (Å²) in [6, 6.07) is 2.54. The topological polar surface area (TPSA) is 88.4 Å². The van der Waals surface area contributed by atoms with Gasteiger partial charge in [-0.05, 0) is 18.9 Å². The van der Waals surface area contributed by atoms with E-state index in [-0.39, 0.29) is 24.1 Å². The minimum Gasteiger partial charge on any atom is -0.478 e. The summed E-state index contributed by atoms with van der Waals surface area (Å²) >= 11 is 0. The highest BCUT2D eigenvalue weighted by Crippen LogP contribution is 2.17. The second kappa shape index (κ2) is 7.06. The SMILES string of the molecule is O=C(Cn1ccc(C(=O)O)cc1=O)NC1CCCCCC1. The van der Waals surface area contributed by atoms with Gasteiger partial charge in [-0.25, -0.2) is 4.79 Å². The lowest BCUT2D eigenvalue weighted by Crippen LogP contribution is -2.38. The number of aromatic carboxylic acids is 1. The number of aromatic nitrogens is 1. The molecule has 1 saturated carbocycles. The Kier molecular flexibility index (Phi) is 5.14. The van der Waals surface area contributed by atoms with Gasteiger partial charge in [0.2, 0.25) is 5.91 Å². The zero-order valence-electron chi connectivity index (χ0n) is 11.9. The molecule has 1 fully saturated rings. The van der Waals surface area contributed by atoms with Crippen LogP contribution < -0.4 is 10.9 Å². The van der Waals surface area contributed by atoms with E-state index in [0.717, 1.165) is 31.7 Å². The number of rotatable bonds is 4. The van der Waals surface area contributed by atoms with Gasteiger partial charge in [-0.3, -0.25) is 9.59 Å². The molecule has 21 heavy (non-hydrogen) atoms. The van der Waals surface area contributed by atoms with Crippen LogP contribution in [0.3, 0.4) is 0 Å². The van der Waals surface area contributed by atoms with E-state index in [1.54, 1.807) is 0 Å². The monoisotopic (exact) mass is 292 g/mol. The van der Waals surface area contributed by atoms with Crippen LogP contribution in [0.1, 0.15) is 48.9 Å². The van der Waals surface area contributed by atoms with Crippen molar-refractivity contribution in [3.8, 4) is 0 Å². The maximum absolute atomic E-state index is 12.0. The van der Waals surface area contributed by atoms with Crippen LogP contribution >= 0.6 is 0 Å². The maximum Gasteiger partial charge on any atom is 0.335 e. The first-order chi connectivity index (χ1) is 10.1. The van der Waals surface area contributed by atoms with Crippen LogP contribution in [0.15, 0.2) is 23.1 Å². The number of carbonyl (C=O) groups is 2. The van der Waals surface area contributed by atoms with Crippen molar-refractivity contribution in [1.82, 2.24) is 9.88 Å². The molecule has 0 aromatic carbocycles. The molecule has 6 nitrogen and oxygen atoms in total. The second-order valence-corrected chi connectivity index (χ2v) is 5.44. The zero-order chi connectivity index (χ0) is 15.2. The van der Waals surface area contributed by atoms with Gasteiger partial charge in [-0.1, -0.05) is 25.7 Å². The van der Waals surface area contributed by atoms with Gasteiger partial charge in [0.15, 0.2) is 0 Å². The van der Waals surface area contributed by atoms with Crippen LogP contribution in [-0.2, 0) is 11.3 Å². The van der Waals surface area contributed by atoms with Gasteiger partial charge in [0.1, 0.15) is 6.54 Å². The fourth-order valence-corrected chi connectivity index (χ4v) is 2.62. The van der Waals surface area contributed by atoms with Crippen LogP contribution in [-0.4, -0.2) is 27.6 Å². The summed E-state index contributed by atoms with van der Waals surface area (Å²) in [7, 11) is 0. The van der Waals surface area contributed by atoms with Crippen molar-refractivity contribution in [3.63, 3.8) is 0 Å². The summed E-state index contributed by atoms with van der Waals surface area (Å²) < 4.78 is 1.22. The normalized spacial score (nSPS) is 16.2. The molecule has 6 heteroatoms. The molecule has 0 bridgehead atoms. The lowest BCUT2D eigenvalue weighted by Gasteiger charge is -2.16. The van der Waals surface area contributed by atoms with Crippen molar-refractivity contribution in [3.05, 3.63) is 34.2 Å². The average molecular weight is 292 g/mol. The molecule has 0 spiro atoms. The van der Waals surface area contributed by atoms with Crippen LogP contribution in [0.5, 0.6) is 0 Å². The quantitative estimate of drug-likeness (QED) is 0.821. The number of pyridine rings is 1. The number of amides is 1. The molecule has 1 heterocycles. The summed E-state index contributed by atoms with van der Waals surface area (Å²) in [4.78, 5) is 34.5. The molecule has 0 atom stereocenters. The van der Waals surface area contributed by atoms with Gasteiger partial charge in [-0.15, -0.1) is 0 Å². The van der Waals surface area contributed by atoms with E-state index in [9.17, 15) is 14.4 Å². The molecule has 0 saturated heterocycles. The third-order valence-electron chi connectivity index (χ3n) is 3.78. The first kappa shape index (κ1) is 15.3. The Bertz CT molecular complexity index is 571. The third kappa shape index (κ3) is 4.44. The fourth-order valence-electron chi connectivity index (χ4n) is 2.62. The fraction of sp³-hybridized carbons (Fsp3) is 0.533. The molecule has 2 rings (SSSR count). The van der Waals surface area contributed by atoms with Gasteiger partial charge < -0.3 is 15.0 Å². The number of carboxylic acid groups (broad SMARTS) is 1. The van der Waals surface area contributed by atoms with Crippen LogP contribution in [0.2, 0.25) is 0 Å². The number of carboxylic acids is 1. The zero-order valence-corrected chi connectivity index (χ0v) is 11.9. The van der Waals surface area contributed by atoms with Crippen molar-refractivity contribution in [1.29, 1.82) is 0 Å². The molecule has 1 aromatic rings. The standard InChI is InChI=1S/C15H20N2O4/c18-13(16-12-5-3-1-2-4-6-12)10-17-8-7-11(15(20)21)9-14(17)19/h7-9,12H,1-6,10H2,(H,16,18)(H,20,21). The van der Waals surface area contributed by atoms with E-state index in [1.165, 1.54) is 29.7 Å².